The van der Waals surface area contributed by atoms with Gasteiger partial charge in [-0.3, -0.25) is 4.79 Å². The summed E-state index contributed by atoms with van der Waals surface area (Å²) >= 11 is 1.15. The van der Waals surface area contributed by atoms with Gasteiger partial charge in [0.1, 0.15) is 28.7 Å². The van der Waals surface area contributed by atoms with Gasteiger partial charge in [-0.1, -0.05) is 17.8 Å². The Hall–Kier alpha value is -3.83. The molecule has 200 valence electrons. The van der Waals surface area contributed by atoms with Crippen LogP contribution in [0.4, 0.5) is 5.69 Å². The molecule has 0 spiro atoms. The molecule has 1 aliphatic rings. The van der Waals surface area contributed by atoms with Crippen molar-refractivity contribution in [2.45, 2.75) is 15.5 Å². The first-order valence-electron chi connectivity index (χ1n) is 11.3. The number of rotatable bonds is 9. The van der Waals surface area contributed by atoms with Crippen molar-refractivity contribution in [3.63, 3.8) is 0 Å². The number of hydrogen-bond acceptors (Lipinski definition) is 9. The highest BCUT2D eigenvalue weighted by Gasteiger charge is 2.27. The minimum atomic E-state index is -3.79. The second-order valence-corrected chi connectivity index (χ2v) is 11.1. The van der Waals surface area contributed by atoms with Gasteiger partial charge < -0.3 is 29.0 Å². The zero-order valence-corrected chi connectivity index (χ0v) is 23.1. The van der Waals surface area contributed by atoms with Crippen LogP contribution in [0.3, 0.4) is 0 Å². The van der Waals surface area contributed by atoms with Crippen molar-refractivity contribution in [1.29, 1.82) is 0 Å². The molecule has 4 rings (SSSR count). The molecular formula is C27H27NO8S2. The molecule has 0 aliphatic carbocycles. The molecular weight excluding hydrogens is 530 g/mol. The number of nitrogens with one attached hydrogen (secondary N) is 1. The molecule has 0 bridgehead atoms. The lowest BCUT2D eigenvalue weighted by atomic mass is 10.1. The van der Waals surface area contributed by atoms with Crippen LogP contribution in [0.2, 0.25) is 0 Å². The van der Waals surface area contributed by atoms with Gasteiger partial charge in [-0.2, -0.15) is 0 Å². The van der Waals surface area contributed by atoms with E-state index in [2.05, 4.69) is 5.32 Å². The molecule has 0 aromatic heterocycles. The summed E-state index contributed by atoms with van der Waals surface area (Å²) in [6.07, 6.45) is 1.64. The van der Waals surface area contributed by atoms with Crippen LogP contribution in [0.25, 0.3) is 6.08 Å². The van der Waals surface area contributed by atoms with Crippen molar-refractivity contribution in [3.8, 4) is 28.7 Å². The Balaban J connectivity index is 1.71. The Morgan fingerprint density at radius 3 is 1.97 bits per heavy atom. The number of ether oxygens (including phenoxy) is 5. The van der Waals surface area contributed by atoms with Gasteiger partial charge in [0.05, 0.1) is 67.9 Å². The highest BCUT2D eigenvalue weighted by Crippen LogP contribution is 2.43. The van der Waals surface area contributed by atoms with E-state index in [9.17, 15) is 13.2 Å². The van der Waals surface area contributed by atoms with Gasteiger partial charge >= 0.3 is 0 Å². The summed E-state index contributed by atoms with van der Waals surface area (Å²) < 4.78 is 53.8. The summed E-state index contributed by atoms with van der Waals surface area (Å²) in [6.45, 7) is 0. The van der Waals surface area contributed by atoms with Crippen molar-refractivity contribution in [2.24, 2.45) is 0 Å². The normalized spacial score (nSPS) is 13.9. The summed E-state index contributed by atoms with van der Waals surface area (Å²) in [5.41, 5.74) is 1.49. The number of thioether (sulfide) groups is 1. The SMILES string of the molecule is COc1cc(OC)c(C=C2Sc3cc(S(=O)(=O)Cc4c(OC)cccc4OC)ccc3NC2=O)c(OC)c1. The second-order valence-electron chi connectivity index (χ2n) is 8.07. The Bertz CT molecular complexity index is 1470. The first-order chi connectivity index (χ1) is 18.2. The van der Waals surface area contributed by atoms with Crippen molar-refractivity contribution >= 4 is 39.3 Å². The molecule has 1 heterocycles. The molecule has 0 saturated carbocycles. The number of benzene rings is 3. The fraction of sp³-hybridized carbons (Fsp3) is 0.222. The van der Waals surface area contributed by atoms with Gasteiger partial charge in [-0.15, -0.1) is 0 Å². The maximum atomic E-state index is 13.4. The third kappa shape index (κ3) is 5.39. The van der Waals surface area contributed by atoms with Gasteiger partial charge in [0.2, 0.25) is 0 Å². The first-order valence-corrected chi connectivity index (χ1v) is 13.8. The molecule has 3 aromatic rings. The van der Waals surface area contributed by atoms with Gasteiger partial charge in [0.15, 0.2) is 9.84 Å². The number of sulfone groups is 1. The summed E-state index contributed by atoms with van der Waals surface area (Å²) in [6, 6.07) is 13.1. The van der Waals surface area contributed by atoms with Crippen LogP contribution in [0.15, 0.2) is 63.2 Å². The molecule has 0 saturated heterocycles. The molecule has 3 aromatic carbocycles. The van der Waals surface area contributed by atoms with E-state index in [0.29, 0.717) is 55.4 Å². The van der Waals surface area contributed by atoms with Crippen molar-refractivity contribution in [2.75, 3.05) is 40.9 Å². The smallest absolute Gasteiger partial charge is 0.262 e. The topological polar surface area (TPSA) is 109 Å². The molecule has 9 nitrogen and oxygen atoms in total. The van der Waals surface area contributed by atoms with Crippen LogP contribution in [0.5, 0.6) is 28.7 Å². The van der Waals surface area contributed by atoms with E-state index in [1.54, 1.807) is 48.5 Å². The Kier molecular flexibility index (Phi) is 8.08. The minimum Gasteiger partial charge on any atom is -0.496 e. The lowest BCUT2D eigenvalue weighted by Gasteiger charge is -2.20. The van der Waals surface area contributed by atoms with E-state index in [1.165, 1.54) is 41.6 Å². The Morgan fingerprint density at radius 1 is 0.816 bits per heavy atom. The van der Waals surface area contributed by atoms with Crippen LogP contribution in [-0.4, -0.2) is 49.9 Å². The van der Waals surface area contributed by atoms with Crippen molar-refractivity contribution in [3.05, 3.63) is 64.6 Å². The largest absolute Gasteiger partial charge is 0.496 e. The highest BCUT2D eigenvalue weighted by molar-refractivity contribution is 8.04. The maximum Gasteiger partial charge on any atom is 0.262 e. The van der Waals surface area contributed by atoms with E-state index in [-0.39, 0.29) is 16.6 Å². The van der Waals surface area contributed by atoms with E-state index >= 15 is 0 Å². The summed E-state index contributed by atoms with van der Waals surface area (Å²) in [4.78, 5) is 13.9. The minimum absolute atomic E-state index is 0.104. The van der Waals surface area contributed by atoms with Crippen LogP contribution >= 0.6 is 11.8 Å². The van der Waals surface area contributed by atoms with E-state index in [0.717, 1.165) is 11.8 Å². The van der Waals surface area contributed by atoms with Gasteiger partial charge in [0.25, 0.3) is 5.91 Å². The van der Waals surface area contributed by atoms with Gasteiger partial charge in [-0.25, -0.2) is 8.42 Å². The van der Waals surface area contributed by atoms with E-state index in [1.807, 2.05) is 0 Å². The Labute approximate surface area is 225 Å². The second kappa shape index (κ2) is 11.3. The van der Waals surface area contributed by atoms with Crippen LogP contribution in [-0.2, 0) is 20.4 Å². The quantitative estimate of drug-likeness (QED) is 0.372. The van der Waals surface area contributed by atoms with Gasteiger partial charge in [0, 0.05) is 17.0 Å². The standard InChI is InChI=1S/C27H27NO8S2/c1-32-16-11-23(35-4)18(24(12-16)36-5)14-26-27(29)28-20-10-9-17(13-25(20)37-26)38(30,31)15-19-21(33-2)7-6-8-22(19)34-3/h6-14H,15H2,1-5H3,(H,28,29). The molecule has 38 heavy (non-hydrogen) atoms. The molecule has 0 radical (unpaired) electrons. The number of hydrogen-bond donors (Lipinski definition) is 1. The number of fused-ring (bicyclic) bond motifs is 1. The molecule has 0 atom stereocenters. The molecule has 11 heteroatoms. The monoisotopic (exact) mass is 557 g/mol. The summed E-state index contributed by atoms with van der Waals surface area (Å²) in [5.74, 6) is 1.62. The average molecular weight is 558 g/mol. The van der Waals surface area contributed by atoms with Crippen LogP contribution in [0.1, 0.15) is 11.1 Å². The lowest BCUT2D eigenvalue weighted by molar-refractivity contribution is -0.112. The maximum absolute atomic E-state index is 13.4. The first kappa shape index (κ1) is 27.2. The molecule has 0 fully saturated rings. The number of amides is 1. The average Bonchev–Trinajstić information content (AvgIpc) is 2.92. The lowest BCUT2D eigenvalue weighted by Crippen LogP contribution is -2.18. The molecule has 0 unspecified atom stereocenters. The number of carbonyl (C=O) groups is 1. The third-order valence-corrected chi connectivity index (χ3v) is 8.62. The van der Waals surface area contributed by atoms with Crippen molar-refractivity contribution < 1.29 is 36.9 Å². The molecule has 1 amide bonds. The fourth-order valence-electron chi connectivity index (χ4n) is 3.98. The fourth-order valence-corrected chi connectivity index (χ4v) is 6.43. The molecule has 1 aliphatic heterocycles. The van der Waals surface area contributed by atoms with Crippen LogP contribution in [0, 0.1) is 0 Å². The summed E-state index contributed by atoms with van der Waals surface area (Å²) in [5, 5.41) is 2.82. The zero-order chi connectivity index (χ0) is 27.4. The van der Waals surface area contributed by atoms with Crippen LogP contribution < -0.4 is 29.0 Å². The number of carbonyl (C=O) groups excluding carboxylic acids is 1. The zero-order valence-electron chi connectivity index (χ0n) is 21.5. The van der Waals surface area contributed by atoms with E-state index < -0.39 is 9.84 Å². The predicted molar refractivity (Wildman–Crippen MR) is 145 cm³/mol. The highest BCUT2D eigenvalue weighted by atomic mass is 32.2. The Morgan fingerprint density at radius 2 is 1.42 bits per heavy atom. The van der Waals surface area contributed by atoms with Gasteiger partial charge in [-0.05, 0) is 36.4 Å². The van der Waals surface area contributed by atoms with Crippen molar-refractivity contribution in [1.82, 2.24) is 0 Å². The number of methoxy groups -OCH3 is 5. The van der Waals surface area contributed by atoms with E-state index in [4.69, 9.17) is 23.7 Å². The molecule has 1 N–H and O–H groups in total. The summed E-state index contributed by atoms with van der Waals surface area (Å²) in [7, 11) is 3.71. The third-order valence-electron chi connectivity index (χ3n) is 5.90. The number of anilines is 1. The predicted octanol–water partition coefficient (Wildman–Crippen LogP) is 4.79.